The molecule has 27 heavy (non-hydrogen) atoms. The second kappa shape index (κ2) is 8.19. The van der Waals surface area contributed by atoms with Gasteiger partial charge in [-0.2, -0.15) is 5.26 Å². The molecule has 1 unspecified atom stereocenters. The highest BCUT2D eigenvalue weighted by atomic mass is 35.5. The molecule has 1 N–H and O–H groups in total. The SMILES string of the molecule is Cn1c(COc2ccc(Cl)cc2)nnc1SCC(=O)NC(C)(C#N)C1CC1. The molecule has 1 atom stereocenters. The molecule has 1 aromatic heterocycles. The number of nitrogens with one attached hydrogen (secondary N) is 1. The molecule has 0 bridgehead atoms. The summed E-state index contributed by atoms with van der Waals surface area (Å²) in [7, 11) is 1.82. The van der Waals surface area contributed by atoms with Gasteiger partial charge in [-0.1, -0.05) is 23.4 Å². The molecule has 1 aliphatic carbocycles. The number of carbonyl (C=O) groups is 1. The zero-order valence-electron chi connectivity index (χ0n) is 15.1. The summed E-state index contributed by atoms with van der Waals surface area (Å²) in [5.74, 6) is 1.58. The topological polar surface area (TPSA) is 92.8 Å². The van der Waals surface area contributed by atoms with Gasteiger partial charge in [-0.15, -0.1) is 10.2 Å². The predicted octanol–water partition coefficient (Wildman–Crippen LogP) is 2.95. The molecule has 3 rings (SSSR count). The van der Waals surface area contributed by atoms with Gasteiger partial charge in [-0.25, -0.2) is 0 Å². The average Bonchev–Trinajstić information content (AvgIpc) is 3.45. The van der Waals surface area contributed by atoms with E-state index in [1.54, 1.807) is 35.8 Å². The fraction of sp³-hybridized carbons (Fsp3) is 0.444. The molecular weight excluding hydrogens is 386 g/mol. The molecule has 1 heterocycles. The lowest BCUT2D eigenvalue weighted by Gasteiger charge is -2.22. The number of benzene rings is 1. The van der Waals surface area contributed by atoms with Gasteiger partial charge in [0.25, 0.3) is 0 Å². The maximum absolute atomic E-state index is 12.2. The van der Waals surface area contributed by atoms with Crippen molar-refractivity contribution < 1.29 is 9.53 Å². The molecule has 142 valence electrons. The largest absolute Gasteiger partial charge is 0.486 e. The van der Waals surface area contributed by atoms with E-state index >= 15 is 0 Å². The molecule has 1 aromatic carbocycles. The zero-order valence-corrected chi connectivity index (χ0v) is 16.7. The van der Waals surface area contributed by atoms with Crippen LogP contribution in [0.25, 0.3) is 0 Å². The van der Waals surface area contributed by atoms with Crippen LogP contribution in [0.2, 0.25) is 5.02 Å². The van der Waals surface area contributed by atoms with Crippen LogP contribution in [0.15, 0.2) is 29.4 Å². The number of hydrogen-bond acceptors (Lipinski definition) is 6. The monoisotopic (exact) mass is 405 g/mol. The Bertz CT molecular complexity index is 860. The fourth-order valence-corrected chi connectivity index (χ4v) is 3.47. The summed E-state index contributed by atoms with van der Waals surface area (Å²) in [4.78, 5) is 12.2. The van der Waals surface area contributed by atoms with Gasteiger partial charge < -0.3 is 14.6 Å². The van der Waals surface area contributed by atoms with E-state index in [0.717, 1.165) is 12.8 Å². The number of nitriles is 1. The Labute approximate surface area is 167 Å². The Hall–Kier alpha value is -2.24. The van der Waals surface area contributed by atoms with E-state index in [9.17, 15) is 10.1 Å². The number of ether oxygens (including phenoxy) is 1. The number of thioether (sulfide) groups is 1. The van der Waals surface area contributed by atoms with Crippen LogP contribution < -0.4 is 10.1 Å². The van der Waals surface area contributed by atoms with Crippen molar-refractivity contribution in [3.8, 4) is 11.8 Å². The standard InChI is InChI=1S/C18H20ClN5O2S/c1-18(11-20,12-3-4-12)21-16(25)10-27-17-23-22-15(24(17)2)9-26-14-7-5-13(19)6-8-14/h5-8,12H,3-4,9-10H2,1-2H3,(H,21,25). The van der Waals surface area contributed by atoms with Gasteiger partial charge in [0.1, 0.15) is 17.9 Å². The molecule has 2 aromatic rings. The maximum atomic E-state index is 12.2. The van der Waals surface area contributed by atoms with E-state index in [1.165, 1.54) is 11.8 Å². The van der Waals surface area contributed by atoms with E-state index < -0.39 is 5.54 Å². The number of hydrogen-bond donors (Lipinski definition) is 1. The molecule has 9 heteroatoms. The molecule has 1 fully saturated rings. The highest BCUT2D eigenvalue weighted by Crippen LogP contribution is 2.39. The molecular formula is C18H20ClN5O2S. The number of nitrogens with zero attached hydrogens (tertiary/aromatic N) is 4. The van der Waals surface area contributed by atoms with E-state index in [1.807, 2.05) is 7.05 Å². The zero-order chi connectivity index (χ0) is 19.4. The van der Waals surface area contributed by atoms with E-state index in [4.69, 9.17) is 16.3 Å². The smallest absolute Gasteiger partial charge is 0.231 e. The first-order valence-corrected chi connectivity index (χ1v) is 9.89. The lowest BCUT2D eigenvalue weighted by atomic mass is 9.98. The number of halogens is 1. The van der Waals surface area contributed by atoms with Crippen LogP contribution in [0.4, 0.5) is 0 Å². The summed E-state index contributed by atoms with van der Waals surface area (Å²) in [6.45, 7) is 2.04. The van der Waals surface area contributed by atoms with Gasteiger partial charge in [0.05, 0.1) is 11.8 Å². The number of aromatic nitrogens is 3. The number of amides is 1. The summed E-state index contributed by atoms with van der Waals surface area (Å²) in [6.07, 6.45) is 1.97. The fourth-order valence-electron chi connectivity index (χ4n) is 2.61. The molecule has 0 aliphatic heterocycles. The van der Waals surface area contributed by atoms with Crippen LogP contribution in [0, 0.1) is 17.2 Å². The second-order valence-corrected chi connectivity index (χ2v) is 8.00. The minimum absolute atomic E-state index is 0.175. The molecule has 7 nitrogen and oxygen atoms in total. The first-order valence-electron chi connectivity index (χ1n) is 8.53. The third kappa shape index (κ3) is 4.93. The van der Waals surface area contributed by atoms with Crippen LogP contribution in [0.1, 0.15) is 25.6 Å². The molecule has 0 saturated heterocycles. The quantitative estimate of drug-likeness (QED) is 0.678. The Kier molecular flexibility index (Phi) is 5.92. The first-order chi connectivity index (χ1) is 12.9. The van der Waals surface area contributed by atoms with Crippen LogP contribution in [0.5, 0.6) is 5.75 Å². The maximum Gasteiger partial charge on any atom is 0.231 e. The number of carbonyl (C=O) groups excluding carboxylic acids is 1. The Morgan fingerprint density at radius 3 is 2.78 bits per heavy atom. The highest BCUT2D eigenvalue weighted by Gasteiger charge is 2.42. The second-order valence-electron chi connectivity index (χ2n) is 6.63. The van der Waals surface area contributed by atoms with E-state index in [-0.39, 0.29) is 24.2 Å². The lowest BCUT2D eigenvalue weighted by molar-refractivity contribution is -0.119. The molecule has 1 amide bonds. The summed E-state index contributed by atoms with van der Waals surface area (Å²) in [5.41, 5.74) is -0.783. The van der Waals surface area contributed by atoms with Crippen molar-refractivity contribution in [1.29, 1.82) is 5.26 Å². The van der Waals surface area contributed by atoms with Crippen LogP contribution in [0.3, 0.4) is 0 Å². The minimum atomic E-state index is -0.783. The van der Waals surface area contributed by atoms with E-state index in [2.05, 4.69) is 21.6 Å². The normalized spacial score (nSPS) is 15.6. The van der Waals surface area contributed by atoms with Crippen molar-refractivity contribution in [2.45, 2.75) is 37.1 Å². The van der Waals surface area contributed by atoms with Gasteiger partial charge in [0.15, 0.2) is 11.0 Å². The van der Waals surface area contributed by atoms with Crippen molar-refractivity contribution in [3.05, 3.63) is 35.1 Å². The Morgan fingerprint density at radius 1 is 1.44 bits per heavy atom. The Balaban J connectivity index is 1.52. The molecule has 0 spiro atoms. The minimum Gasteiger partial charge on any atom is -0.486 e. The van der Waals surface area contributed by atoms with Crippen molar-refractivity contribution in [3.63, 3.8) is 0 Å². The van der Waals surface area contributed by atoms with Gasteiger partial charge in [0, 0.05) is 12.1 Å². The van der Waals surface area contributed by atoms with Gasteiger partial charge in [-0.3, -0.25) is 4.79 Å². The first kappa shape index (κ1) is 19.5. The van der Waals surface area contributed by atoms with Gasteiger partial charge >= 0.3 is 0 Å². The van der Waals surface area contributed by atoms with Crippen molar-refractivity contribution in [2.24, 2.45) is 13.0 Å². The summed E-state index contributed by atoms with van der Waals surface area (Å²) in [5, 5.41) is 21.6. The van der Waals surface area contributed by atoms with Crippen LogP contribution >= 0.6 is 23.4 Å². The Morgan fingerprint density at radius 2 is 2.15 bits per heavy atom. The highest BCUT2D eigenvalue weighted by molar-refractivity contribution is 7.99. The third-order valence-electron chi connectivity index (χ3n) is 4.46. The summed E-state index contributed by atoms with van der Waals surface area (Å²) >= 11 is 7.13. The predicted molar refractivity (Wildman–Crippen MR) is 102 cm³/mol. The third-order valence-corrected chi connectivity index (χ3v) is 5.74. The summed E-state index contributed by atoms with van der Waals surface area (Å²) in [6, 6.07) is 9.29. The average molecular weight is 406 g/mol. The molecule has 1 aliphatic rings. The van der Waals surface area contributed by atoms with Crippen LogP contribution in [-0.2, 0) is 18.4 Å². The van der Waals surface area contributed by atoms with Gasteiger partial charge in [0.2, 0.25) is 5.91 Å². The van der Waals surface area contributed by atoms with Crippen molar-refractivity contribution >= 4 is 29.3 Å². The van der Waals surface area contributed by atoms with Crippen molar-refractivity contribution in [1.82, 2.24) is 20.1 Å². The van der Waals surface area contributed by atoms with E-state index in [0.29, 0.717) is 21.8 Å². The van der Waals surface area contributed by atoms with Crippen molar-refractivity contribution in [2.75, 3.05) is 5.75 Å². The number of rotatable bonds is 8. The summed E-state index contributed by atoms with van der Waals surface area (Å²) < 4.78 is 7.46. The lowest BCUT2D eigenvalue weighted by Crippen LogP contribution is -2.47. The molecule has 0 radical (unpaired) electrons. The van der Waals surface area contributed by atoms with Crippen LogP contribution in [-0.4, -0.2) is 32.0 Å². The van der Waals surface area contributed by atoms with Gasteiger partial charge in [-0.05, 0) is 49.9 Å². The molecule has 1 saturated carbocycles.